The molecule has 4 saturated carbocycles. The normalized spacial score (nSPS) is 32.6. The molecule has 4 bridgehead atoms. The number of benzene rings is 1. The van der Waals surface area contributed by atoms with Crippen molar-refractivity contribution in [3.63, 3.8) is 0 Å². The minimum atomic E-state index is -3.46. The molecule has 0 radical (unpaired) electrons. The summed E-state index contributed by atoms with van der Waals surface area (Å²) in [5, 5.41) is 14.6. The van der Waals surface area contributed by atoms with Crippen LogP contribution in [0.2, 0.25) is 0 Å². The van der Waals surface area contributed by atoms with E-state index in [4.69, 9.17) is 0 Å². The van der Waals surface area contributed by atoms with E-state index in [0.717, 1.165) is 36.5 Å². The highest BCUT2D eigenvalue weighted by Crippen LogP contribution is 2.61. The first-order valence-corrected chi connectivity index (χ1v) is 11.4. The third-order valence-electron chi connectivity index (χ3n) is 6.73. The largest absolute Gasteiger partial charge is 0.379 e. The molecule has 1 N–H and O–H groups in total. The first-order valence-electron chi connectivity index (χ1n) is 9.46. The Kier molecular flexibility index (Phi) is 4.25. The molecule has 5 rings (SSSR count). The van der Waals surface area contributed by atoms with Gasteiger partial charge in [-0.2, -0.15) is 0 Å². The Morgan fingerprint density at radius 1 is 1.15 bits per heavy atom. The van der Waals surface area contributed by atoms with Gasteiger partial charge in [-0.05, 0) is 80.2 Å². The smallest absolute Gasteiger partial charge is 0.293 e. The lowest BCUT2D eigenvalue weighted by atomic mass is 9.49. The fourth-order valence-corrected chi connectivity index (χ4v) is 6.74. The van der Waals surface area contributed by atoms with E-state index in [2.05, 4.69) is 5.32 Å². The van der Waals surface area contributed by atoms with E-state index in [0.29, 0.717) is 17.6 Å². The first kappa shape index (κ1) is 17.8. The van der Waals surface area contributed by atoms with E-state index < -0.39 is 14.8 Å². The van der Waals surface area contributed by atoms with Gasteiger partial charge in [0, 0.05) is 18.9 Å². The molecular weight excluding hydrogens is 352 g/mol. The predicted molar refractivity (Wildman–Crippen MR) is 99.9 cm³/mol. The molecule has 4 aliphatic carbocycles. The van der Waals surface area contributed by atoms with Crippen LogP contribution in [0.1, 0.15) is 44.9 Å². The summed E-state index contributed by atoms with van der Waals surface area (Å²) in [4.78, 5) is 10.8. The standard InChI is InChI=1S/C19H26N2O4S/c1-26(24,25)16-2-3-17(18(9-16)21(22)23)20-5-4-19-10-13-6-14(11-19)8-15(7-13)12-19/h2-3,9,13-15,20H,4-8,10-12H2,1H3. The summed E-state index contributed by atoms with van der Waals surface area (Å²) in [6, 6.07) is 4.12. The molecular formula is C19H26N2O4S. The number of nitro groups is 1. The Labute approximate surface area is 154 Å². The van der Waals surface area contributed by atoms with Gasteiger partial charge in [-0.3, -0.25) is 10.1 Å². The van der Waals surface area contributed by atoms with Gasteiger partial charge in [-0.25, -0.2) is 8.42 Å². The summed E-state index contributed by atoms with van der Waals surface area (Å²) >= 11 is 0. The van der Waals surface area contributed by atoms with Crippen LogP contribution in [-0.4, -0.2) is 26.1 Å². The molecule has 0 atom stereocenters. The fraction of sp³-hybridized carbons (Fsp3) is 0.684. The fourth-order valence-electron chi connectivity index (χ4n) is 6.10. The van der Waals surface area contributed by atoms with Crippen molar-refractivity contribution in [3.8, 4) is 0 Å². The molecule has 7 heteroatoms. The second-order valence-corrected chi connectivity index (χ2v) is 10.8. The molecule has 26 heavy (non-hydrogen) atoms. The van der Waals surface area contributed by atoms with Gasteiger partial charge in [-0.15, -0.1) is 0 Å². The van der Waals surface area contributed by atoms with Crippen molar-refractivity contribution in [3.05, 3.63) is 28.3 Å². The molecule has 0 unspecified atom stereocenters. The molecule has 6 nitrogen and oxygen atoms in total. The summed E-state index contributed by atoms with van der Waals surface area (Å²) in [7, 11) is -3.46. The quantitative estimate of drug-likeness (QED) is 0.596. The van der Waals surface area contributed by atoms with Gasteiger partial charge in [0.25, 0.3) is 5.69 Å². The van der Waals surface area contributed by atoms with Crippen LogP contribution in [0.25, 0.3) is 0 Å². The summed E-state index contributed by atoms with van der Waals surface area (Å²) < 4.78 is 23.3. The molecule has 0 aromatic heterocycles. The Balaban J connectivity index is 1.46. The third-order valence-corrected chi connectivity index (χ3v) is 7.84. The maximum atomic E-state index is 11.6. The van der Waals surface area contributed by atoms with Crippen LogP contribution in [0.5, 0.6) is 0 Å². The molecule has 0 spiro atoms. The van der Waals surface area contributed by atoms with Crippen molar-refractivity contribution in [1.82, 2.24) is 0 Å². The molecule has 4 aliphatic rings. The summed E-state index contributed by atoms with van der Waals surface area (Å²) in [5.41, 5.74) is 0.661. The maximum absolute atomic E-state index is 11.6. The molecule has 4 fully saturated rings. The average Bonchev–Trinajstić information content (AvgIpc) is 2.52. The van der Waals surface area contributed by atoms with E-state index >= 15 is 0 Å². The summed E-state index contributed by atoms with van der Waals surface area (Å²) in [5.74, 6) is 2.68. The highest BCUT2D eigenvalue weighted by molar-refractivity contribution is 7.90. The van der Waals surface area contributed by atoms with Crippen LogP contribution in [0.4, 0.5) is 11.4 Å². The topological polar surface area (TPSA) is 89.3 Å². The van der Waals surface area contributed by atoms with Crippen LogP contribution >= 0.6 is 0 Å². The number of rotatable bonds is 6. The number of nitro benzene ring substituents is 1. The SMILES string of the molecule is CS(=O)(=O)c1ccc(NCCC23CC4CC(CC(C4)C2)C3)c([N+](=O)[O-])c1. The Morgan fingerprint density at radius 3 is 2.23 bits per heavy atom. The van der Waals surface area contributed by atoms with Crippen LogP contribution < -0.4 is 5.32 Å². The van der Waals surface area contributed by atoms with E-state index in [1.54, 1.807) is 0 Å². The molecule has 0 saturated heterocycles. The van der Waals surface area contributed by atoms with E-state index in [1.165, 1.54) is 50.7 Å². The predicted octanol–water partition coefficient (Wildman–Crippen LogP) is 4.02. The number of nitrogens with one attached hydrogen (secondary N) is 1. The molecule has 0 amide bonds. The zero-order chi connectivity index (χ0) is 18.5. The van der Waals surface area contributed by atoms with E-state index in [-0.39, 0.29) is 10.6 Å². The van der Waals surface area contributed by atoms with Gasteiger partial charge >= 0.3 is 0 Å². The van der Waals surface area contributed by atoms with Crippen LogP contribution in [-0.2, 0) is 9.84 Å². The Morgan fingerprint density at radius 2 is 1.73 bits per heavy atom. The lowest BCUT2D eigenvalue weighted by molar-refractivity contribution is -0.384. The van der Waals surface area contributed by atoms with Gasteiger partial charge in [0.05, 0.1) is 9.82 Å². The van der Waals surface area contributed by atoms with Gasteiger partial charge in [0.2, 0.25) is 0 Å². The van der Waals surface area contributed by atoms with Gasteiger partial charge < -0.3 is 5.32 Å². The van der Waals surface area contributed by atoms with Crippen LogP contribution in [0.3, 0.4) is 0 Å². The van der Waals surface area contributed by atoms with E-state index in [1.807, 2.05) is 0 Å². The van der Waals surface area contributed by atoms with Crippen molar-refractivity contribution >= 4 is 21.2 Å². The molecule has 1 aromatic carbocycles. The van der Waals surface area contributed by atoms with Gasteiger partial charge in [0.15, 0.2) is 9.84 Å². The molecule has 0 aliphatic heterocycles. The molecule has 0 heterocycles. The molecule has 142 valence electrons. The first-order chi connectivity index (χ1) is 12.2. The zero-order valence-electron chi connectivity index (χ0n) is 15.1. The Hall–Kier alpha value is -1.63. The van der Waals surface area contributed by atoms with Crippen molar-refractivity contribution in [1.29, 1.82) is 0 Å². The third kappa shape index (κ3) is 3.33. The second kappa shape index (κ2) is 6.22. The van der Waals surface area contributed by atoms with Gasteiger partial charge in [0.1, 0.15) is 5.69 Å². The van der Waals surface area contributed by atoms with Gasteiger partial charge in [-0.1, -0.05) is 0 Å². The average molecular weight is 378 g/mol. The van der Waals surface area contributed by atoms with E-state index in [9.17, 15) is 18.5 Å². The monoisotopic (exact) mass is 378 g/mol. The molecule has 1 aromatic rings. The maximum Gasteiger partial charge on any atom is 0.293 e. The van der Waals surface area contributed by atoms with Crippen LogP contribution in [0, 0.1) is 33.3 Å². The summed E-state index contributed by atoms with van der Waals surface area (Å²) in [6.45, 7) is 0.700. The summed E-state index contributed by atoms with van der Waals surface area (Å²) in [6.07, 6.45) is 10.3. The van der Waals surface area contributed by atoms with Crippen molar-refractivity contribution in [2.24, 2.45) is 23.2 Å². The number of hydrogen-bond acceptors (Lipinski definition) is 5. The second-order valence-electron chi connectivity index (χ2n) is 8.80. The number of nitrogens with zero attached hydrogens (tertiary/aromatic N) is 1. The lowest BCUT2D eigenvalue weighted by Gasteiger charge is -2.57. The number of hydrogen-bond donors (Lipinski definition) is 1. The highest BCUT2D eigenvalue weighted by atomic mass is 32.2. The van der Waals surface area contributed by atoms with Crippen molar-refractivity contribution in [2.45, 2.75) is 49.8 Å². The van der Waals surface area contributed by atoms with Crippen LogP contribution in [0.15, 0.2) is 23.1 Å². The minimum absolute atomic E-state index is 0.0177. The highest BCUT2D eigenvalue weighted by Gasteiger charge is 2.50. The van der Waals surface area contributed by atoms with Crippen molar-refractivity contribution < 1.29 is 13.3 Å². The number of sulfone groups is 1. The van der Waals surface area contributed by atoms with Crippen molar-refractivity contribution in [2.75, 3.05) is 18.1 Å². The zero-order valence-corrected chi connectivity index (χ0v) is 15.9. The Bertz CT molecular complexity index is 799. The lowest BCUT2D eigenvalue weighted by Crippen LogP contribution is -2.46. The number of anilines is 1. The minimum Gasteiger partial charge on any atom is -0.379 e.